The summed E-state index contributed by atoms with van der Waals surface area (Å²) in [5.74, 6) is 2.11. The van der Waals surface area contributed by atoms with E-state index in [0.717, 1.165) is 31.6 Å². The number of guanidine groups is 1. The molecule has 2 unspecified atom stereocenters. The van der Waals surface area contributed by atoms with Crippen LogP contribution in [0.4, 0.5) is 0 Å². The summed E-state index contributed by atoms with van der Waals surface area (Å²) in [5, 5.41) is 0. The molecule has 0 aromatic carbocycles. The highest BCUT2D eigenvalue weighted by atomic mass is 16.2. The zero-order valence-electron chi connectivity index (χ0n) is 17.0. The number of carbonyl (C=O) groups excluding carboxylic acids is 1. The lowest BCUT2D eigenvalue weighted by atomic mass is 9.75. The SMILES string of the molecule is CCC(C)N1C(=O)C(CCC2CCCCC2)(CC2CCCCC2)N=C1N. The van der Waals surface area contributed by atoms with Gasteiger partial charge < -0.3 is 5.73 Å². The van der Waals surface area contributed by atoms with Crippen LogP contribution in [0.2, 0.25) is 0 Å². The molecule has 0 aromatic heterocycles. The van der Waals surface area contributed by atoms with Crippen LogP contribution in [0.1, 0.15) is 104 Å². The summed E-state index contributed by atoms with van der Waals surface area (Å²) in [6.07, 6.45) is 17.2. The number of carbonyl (C=O) groups is 1. The molecule has 4 heteroatoms. The highest BCUT2D eigenvalue weighted by Gasteiger charge is 2.49. The first-order valence-corrected chi connectivity index (χ1v) is 11.2. The maximum Gasteiger partial charge on any atom is 0.257 e. The lowest BCUT2D eigenvalue weighted by molar-refractivity contribution is -0.133. The Balaban J connectivity index is 1.75. The molecule has 1 amide bonds. The molecule has 0 saturated heterocycles. The number of amides is 1. The predicted octanol–water partition coefficient (Wildman–Crippen LogP) is 5.01. The third-order valence-corrected chi connectivity index (χ3v) is 7.27. The van der Waals surface area contributed by atoms with Crippen LogP contribution in [0.15, 0.2) is 4.99 Å². The number of rotatable bonds is 7. The molecule has 3 rings (SSSR count). The molecule has 1 aliphatic heterocycles. The summed E-state index contributed by atoms with van der Waals surface area (Å²) in [4.78, 5) is 20.2. The minimum absolute atomic E-state index is 0.147. The van der Waals surface area contributed by atoms with Gasteiger partial charge in [-0.15, -0.1) is 0 Å². The Morgan fingerprint density at radius 3 is 2.23 bits per heavy atom. The molecule has 148 valence electrons. The summed E-state index contributed by atoms with van der Waals surface area (Å²) in [6, 6.07) is 0.147. The number of aliphatic imine (C=N–C) groups is 1. The van der Waals surface area contributed by atoms with E-state index < -0.39 is 5.54 Å². The summed E-state index contributed by atoms with van der Waals surface area (Å²) in [7, 11) is 0. The zero-order chi connectivity index (χ0) is 18.6. The molecule has 0 bridgehead atoms. The predicted molar refractivity (Wildman–Crippen MR) is 108 cm³/mol. The van der Waals surface area contributed by atoms with Gasteiger partial charge in [-0.25, -0.2) is 4.99 Å². The number of hydrogen-bond donors (Lipinski definition) is 1. The Labute approximate surface area is 160 Å². The third-order valence-electron chi connectivity index (χ3n) is 7.27. The molecule has 1 heterocycles. The van der Waals surface area contributed by atoms with Crippen molar-refractivity contribution in [3.8, 4) is 0 Å². The van der Waals surface area contributed by atoms with Gasteiger partial charge in [0.15, 0.2) is 5.96 Å². The van der Waals surface area contributed by atoms with Gasteiger partial charge in [-0.05, 0) is 44.4 Å². The van der Waals surface area contributed by atoms with Crippen LogP contribution in [0.3, 0.4) is 0 Å². The quantitative estimate of drug-likeness (QED) is 0.693. The van der Waals surface area contributed by atoms with Gasteiger partial charge in [-0.3, -0.25) is 9.69 Å². The van der Waals surface area contributed by atoms with Crippen LogP contribution in [0.5, 0.6) is 0 Å². The van der Waals surface area contributed by atoms with E-state index >= 15 is 0 Å². The van der Waals surface area contributed by atoms with Crippen LogP contribution < -0.4 is 5.73 Å². The molecule has 3 aliphatic rings. The van der Waals surface area contributed by atoms with Gasteiger partial charge in [0, 0.05) is 6.04 Å². The Morgan fingerprint density at radius 2 is 1.65 bits per heavy atom. The minimum Gasteiger partial charge on any atom is -0.369 e. The molecular weight excluding hydrogens is 322 g/mol. The molecule has 0 spiro atoms. The summed E-state index contributed by atoms with van der Waals surface area (Å²) in [5.41, 5.74) is 5.73. The van der Waals surface area contributed by atoms with Gasteiger partial charge in [0.2, 0.25) is 0 Å². The molecule has 4 nitrogen and oxygen atoms in total. The molecule has 2 saturated carbocycles. The zero-order valence-corrected chi connectivity index (χ0v) is 17.0. The Kier molecular flexibility index (Phi) is 6.63. The second-order valence-electron chi connectivity index (χ2n) is 9.18. The van der Waals surface area contributed by atoms with Crippen LogP contribution in [-0.2, 0) is 4.79 Å². The standard InChI is InChI=1S/C22H39N3O/c1-3-17(2)25-20(26)22(24-21(25)23,16-19-12-8-5-9-13-19)15-14-18-10-6-4-7-11-18/h17-19H,3-16H2,1-2H3,(H2,23,24). The van der Waals surface area contributed by atoms with E-state index in [9.17, 15) is 4.79 Å². The molecule has 0 radical (unpaired) electrons. The van der Waals surface area contributed by atoms with Crippen LogP contribution in [0.25, 0.3) is 0 Å². The maximum atomic E-state index is 13.5. The summed E-state index contributed by atoms with van der Waals surface area (Å²) in [6.45, 7) is 4.21. The van der Waals surface area contributed by atoms with Crippen molar-refractivity contribution in [1.82, 2.24) is 4.90 Å². The topological polar surface area (TPSA) is 58.7 Å². The van der Waals surface area contributed by atoms with Crippen LogP contribution in [0, 0.1) is 11.8 Å². The Hall–Kier alpha value is -1.06. The van der Waals surface area contributed by atoms with Crippen LogP contribution in [-0.4, -0.2) is 28.3 Å². The smallest absolute Gasteiger partial charge is 0.257 e. The van der Waals surface area contributed by atoms with E-state index in [1.807, 2.05) is 4.90 Å². The largest absolute Gasteiger partial charge is 0.369 e. The first-order valence-electron chi connectivity index (χ1n) is 11.2. The molecule has 2 aliphatic carbocycles. The van der Waals surface area contributed by atoms with E-state index in [1.54, 1.807) is 0 Å². The minimum atomic E-state index is -0.563. The monoisotopic (exact) mass is 361 g/mol. The Morgan fingerprint density at radius 1 is 1.08 bits per heavy atom. The maximum absolute atomic E-state index is 13.5. The van der Waals surface area contributed by atoms with Crippen molar-refractivity contribution in [3.05, 3.63) is 0 Å². The van der Waals surface area contributed by atoms with Gasteiger partial charge in [0.1, 0.15) is 5.54 Å². The molecule has 2 fully saturated rings. The average Bonchev–Trinajstić information content (AvgIpc) is 2.91. The van der Waals surface area contributed by atoms with Crippen LogP contribution >= 0.6 is 0 Å². The van der Waals surface area contributed by atoms with Gasteiger partial charge in [0.05, 0.1) is 0 Å². The fraction of sp³-hybridized carbons (Fsp3) is 0.909. The van der Waals surface area contributed by atoms with Crippen molar-refractivity contribution in [2.45, 2.75) is 115 Å². The van der Waals surface area contributed by atoms with E-state index in [4.69, 9.17) is 10.7 Å². The van der Waals surface area contributed by atoms with E-state index in [2.05, 4.69) is 13.8 Å². The van der Waals surface area contributed by atoms with Gasteiger partial charge in [0.25, 0.3) is 5.91 Å². The van der Waals surface area contributed by atoms with E-state index in [-0.39, 0.29) is 11.9 Å². The van der Waals surface area contributed by atoms with Crippen molar-refractivity contribution in [3.63, 3.8) is 0 Å². The molecule has 0 aromatic rings. The van der Waals surface area contributed by atoms with Crippen molar-refractivity contribution >= 4 is 11.9 Å². The van der Waals surface area contributed by atoms with E-state index in [1.165, 1.54) is 64.2 Å². The third kappa shape index (κ3) is 4.26. The van der Waals surface area contributed by atoms with Gasteiger partial charge in [-0.1, -0.05) is 71.1 Å². The van der Waals surface area contributed by atoms with Crippen molar-refractivity contribution < 1.29 is 4.79 Å². The lowest BCUT2D eigenvalue weighted by Gasteiger charge is -2.34. The second-order valence-corrected chi connectivity index (χ2v) is 9.18. The molecule has 2 N–H and O–H groups in total. The fourth-order valence-electron chi connectivity index (χ4n) is 5.44. The van der Waals surface area contributed by atoms with Crippen molar-refractivity contribution in [2.75, 3.05) is 0 Å². The number of hydrogen-bond acceptors (Lipinski definition) is 3. The highest BCUT2D eigenvalue weighted by molar-refractivity contribution is 6.07. The normalized spacial score (nSPS) is 29.8. The van der Waals surface area contributed by atoms with E-state index in [0.29, 0.717) is 11.9 Å². The molecular formula is C22H39N3O. The summed E-state index contributed by atoms with van der Waals surface area (Å²) >= 11 is 0. The lowest BCUT2D eigenvalue weighted by Crippen LogP contribution is -2.49. The van der Waals surface area contributed by atoms with Gasteiger partial charge in [-0.2, -0.15) is 0 Å². The number of nitrogens with zero attached hydrogens (tertiary/aromatic N) is 2. The molecule has 26 heavy (non-hydrogen) atoms. The average molecular weight is 362 g/mol. The first-order chi connectivity index (χ1) is 12.6. The summed E-state index contributed by atoms with van der Waals surface area (Å²) < 4.78 is 0. The van der Waals surface area contributed by atoms with Crippen molar-refractivity contribution in [1.29, 1.82) is 0 Å². The van der Waals surface area contributed by atoms with Crippen molar-refractivity contribution in [2.24, 2.45) is 22.6 Å². The first kappa shape index (κ1) is 19.7. The Bertz CT molecular complexity index is 506. The fourth-order valence-corrected chi connectivity index (χ4v) is 5.44. The highest BCUT2D eigenvalue weighted by Crippen LogP contribution is 2.41. The van der Waals surface area contributed by atoms with Gasteiger partial charge >= 0.3 is 0 Å². The second kappa shape index (κ2) is 8.75. The molecule has 2 atom stereocenters. The number of nitrogens with two attached hydrogens (primary N) is 1.